The maximum absolute atomic E-state index is 12.1. The van der Waals surface area contributed by atoms with Gasteiger partial charge < -0.3 is 14.7 Å². The van der Waals surface area contributed by atoms with Gasteiger partial charge >= 0.3 is 5.97 Å². The average molecular weight is 279 g/mol. The normalized spacial score (nSPS) is 14.5. The third-order valence-electron chi connectivity index (χ3n) is 3.26. The van der Waals surface area contributed by atoms with Crippen LogP contribution in [0.5, 0.6) is 5.75 Å². The fourth-order valence-electron chi connectivity index (χ4n) is 1.86. The van der Waals surface area contributed by atoms with E-state index in [0.717, 1.165) is 5.56 Å². The lowest BCUT2D eigenvalue weighted by Crippen LogP contribution is -2.38. The van der Waals surface area contributed by atoms with Gasteiger partial charge in [-0.25, -0.2) is 0 Å². The minimum atomic E-state index is -0.902. The van der Waals surface area contributed by atoms with Crippen molar-refractivity contribution < 1.29 is 19.5 Å². The van der Waals surface area contributed by atoms with Crippen molar-refractivity contribution in [1.82, 2.24) is 0 Å². The van der Waals surface area contributed by atoms with E-state index in [0.29, 0.717) is 18.7 Å². The van der Waals surface area contributed by atoms with Gasteiger partial charge in [0, 0.05) is 0 Å². The van der Waals surface area contributed by atoms with E-state index >= 15 is 0 Å². The molecule has 5 heteroatoms. The molecule has 1 unspecified atom stereocenters. The second-order valence-corrected chi connectivity index (χ2v) is 4.76. The maximum Gasteiger partial charge on any atom is 0.317 e. The largest absolute Gasteiger partial charge is 0.508 e. The van der Waals surface area contributed by atoms with Crippen LogP contribution in [0.2, 0.25) is 0 Å². The van der Waals surface area contributed by atoms with Crippen molar-refractivity contribution in [2.75, 3.05) is 13.7 Å². The number of phenols is 1. The number of methoxy groups -OCH3 is 1. The lowest BCUT2D eigenvalue weighted by molar-refractivity contribution is -0.147. The van der Waals surface area contributed by atoms with Gasteiger partial charge in [0.25, 0.3) is 0 Å². The van der Waals surface area contributed by atoms with Gasteiger partial charge in [0.1, 0.15) is 17.8 Å². The standard InChI is InChI=1S/C15H21NO4/c1-5-20-16-11(2)15(3,14(18)19-4)10-12-6-8-13(17)9-7-12/h6-9,17H,5,10H2,1-4H3. The van der Waals surface area contributed by atoms with Gasteiger partial charge in [0.15, 0.2) is 0 Å². The van der Waals surface area contributed by atoms with Gasteiger partial charge in [-0.3, -0.25) is 4.79 Å². The summed E-state index contributed by atoms with van der Waals surface area (Å²) < 4.78 is 4.89. The van der Waals surface area contributed by atoms with Gasteiger partial charge in [-0.15, -0.1) is 0 Å². The number of ether oxygens (including phenoxy) is 1. The lowest BCUT2D eigenvalue weighted by Gasteiger charge is -2.26. The summed E-state index contributed by atoms with van der Waals surface area (Å²) in [6.07, 6.45) is 0.419. The number of esters is 1. The van der Waals surface area contributed by atoms with E-state index in [1.165, 1.54) is 7.11 Å². The van der Waals surface area contributed by atoms with Crippen LogP contribution in [-0.4, -0.2) is 30.5 Å². The Labute approximate surface area is 119 Å². The van der Waals surface area contributed by atoms with E-state index in [2.05, 4.69) is 5.16 Å². The number of carbonyl (C=O) groups is 1. The van der Waals surface area contributed by atoms with E-state index in [-0.39, 0.29) is 11.7 Å². The molecule has 0 saturated heterocycles. The molecule has 1 N–H and O–H groups in total. The van der Waals surface area contributed by atoms with Crippen LogP contribution in [0.25, 0.3) is 0 Å². The molecule has 5 nitrogen and oxygen atoms in total. The number of aromatic hydroxyl groups is 1. The molecule has 0 aromatic heterocycles. The Balaban J connectivity index is 3.05. The van der Waals surface area contributed by atoms with E-state index in [9.17, 15) is 9.90 Å². The molecular weight excluding hydrogens is 258 g/mol. The predicted octanol–water partition coefficient (Wildman–Crippen LogP) is 2.53. The Bertz CT molecular complexity index is 481. The van der Waals surface area contributed by atoms with Crippen molar-refractivity contribution in [2.24, 2.45) is 10.6 Å². The number of nitrogens with zero attached hydrogens (tertiary/aromatic N) is 1. The fourth-order valence-corrected chi connectivity index (χ4v) is 1.86. The van der Waals surface area contributed by atoms with Gasteiger partial charge in [-0.05, 0) is 44.9 Å². The molecule has 0 heterocycles. The van der Waals surface area contributed by atoms with Crippen LogP contribution in [0.3, 0.4) is 0 Å². The topological polar surface area (TPSA) is 68.1 Å². The molecule has 0 saturated carbocycles. The zero-order valence-electron chi connectivity index (χ0n) is 12.3. The average Bonchev–Trinajstić information content (AvgIpc) is 2.45. The molecule has 0 aliphatic heterocycles. The number of carbonyl (C=O) groups excluding carboxylic acids is 1. The molecule has 0 radical (unpaired) electrons. The number of rotatable bonds is 6. The van der Waals surface area contributed by atoms with Crippen molar-refractivity contribution in [3.63, 3.8) is 0 Å². The number of benzene rings is 1. The van der Waals surface area contributed by atoms with Crippen molar-refractivity contribution in [3.8, 4) is 5.75 Å². The van der Waals surface area contributed by atoms with Gasteiger partial charge in [0.2, 0.25) is 0 Å². The monoisotopic (exact) mass is 279 g/mol. The Morgan fingerprint density at radius 3 is 2.45 bits per heavy atom. The summed E-state index contributed by atoms with van der Waals surface area (Å²) in [6.45, 7) is 5.77. The molecule has 0 spiro atoms. The van der Waals surface area contributed by atoms with Crippen LogP contribution in [0.1, 0.15) is 26.3 Å². The number of hydrogen-bond donors (Lipinski definition) is 1. The smallest absolute Gasteiger partial charge is 0.317 e. The molecule has 0 amide bonds. The minimum Gasteiger partial charge on any atom is -0.508 e. The van der Waals surface area contributed by atoms with Crippen LogP contribution in [0.4, 0.5) is 0 Å². The molecule has 1 rings (SSSR count). The van der Waals surface area contributed by atoms with E-state index < -0.39 is 5.41 Å². The number of hydrogen-bond acceptors (Lipinski definition) is 5. The van der Waals surface area contributed by atoms with Crippen LogP contribution < -0.4 is 0 Å². The predicted molar refractivity (Wildman–Crippen MR) is 76.7 cm³/mol. The van der Waals surface area contributed by atoms with Gasteiger partial charge in [-0.1, -0.05) is 17.3 Å². The van der Waals surface area contributed by atoms with Crippen molar-refractivity contribution in [1.29, 1.82) is 0 Å². The van der Waals surface area contributed by atoms with Crippen LogP contribution in [-0.2, 0) is 20.8 Å². The Morgan fingerprint density at radius 2 is 1.95 bits per heavy atom. The minimum absolute atomic E-state index is 0.188. The van der Waals surface area contributed by atoms with E-state index in [4.69, 9.17) is 9.57 Å². The third-order valence-corrected chi connectivity index (χ3v) is 3.26. The fraction of sp³-hybridized carbons (Fsp3) is 0.467. The summed E-state index contributed by atoms with van der Waals surface area (Å²) in [4.78, 5) is 17.1. The SMILES string of the molecule is CCON=C(C)C(C)(Cc1ccc(O)cc1)C(=O)OC. The Hall–Kier alpha value is -2.04. The molecule has 0 aliphatic rings. The van der Waals surface area contributed by atoms with Gasteiger partial charge in [0.05, 0.1) is 12.8 Å². The molecule has 0 bridgehead atoms. The first-order chi connectivity index (χ1) is 9.43. The highest BCUT2D eigenvalue weighted by Crippen LogP contribution is 2.27. The molecule has 1 aromatic carbocycles. The highest BCUT2D eigenvalue weighted by atomic mass is 16.6. The van der Waals surface area contributed by atoms with E-state index in [1.807, 2.05) is 6.92 Å². The van der Waals surface area contributed by atoms with Crippen molar-refractivity contribution in [2.45, 2.75) is 27.2 Å². The molecule has 20 heavy (non-hydrogen) atoms. The Morgan fingerprint density at radius 1 is 1.35 bits per heavy atom. The molecule has 1 atom stereocenters. The third kappa shape index (κ3) is 3.73. The quantitative estimate of drug-likeness (QED) is 0.493. The zero-order valence-corrected chi connectivity index (χ0v) is 12.3. The van der Waals surface area contributed by atoms with Crippen LogP contribution in [0.15, 0.2) is 29.4 Å². The summed E-state index contributed by atoms with van der Waals surface area (Å²) in [5.41, 5.74) is 0.557. The van der Waals surface area contributed by atoms with Crippen molar-refractivity contribution >= 4 is 11.7 Å². The van der Waals surface area contributed by atoms with Gasteiger partial charge in [-0.2, -0.15) is 0 Å². The second kappa shape index (κ2) is 6.93. The summed E-state index contributed by atoms with van der Waals surface area (Å²) >= 11 is 0. The maximum atomic E-state index is 12.1. The summed E-state index contributed by atoms with van der Waals surface area (Å²) in [5.74, 6) is -0.181. The van der Waals surface area contributed by atoms with Crippen LogP contribution >= 0.6 is 0 Å². The molecule has 110 valence electrons. The summed E-state index contributed by atoms with van der Waals surface area (Å²) in [7, 11) is 1.35. The summed E-state index contributed by atoms with van der Waals surface area (Å²) in [6, 6.07) is 6.71. The molecule has 0 fully saturated rings. The summed E-state index contributed by atoms with van der Waals surface area (Å²) in [5, 5.41) is 13.3. The highest BCUT2D eigenvalue weighted by Gasteiger charge is 2.38. The first-order valence-corrected chi connectivity index (χ1v) is 6.47. The number of oxime groups is 1. The highest BCUT2D eigenvalue weighted by molar-refractivity contribution is 6.05. The van der Waals surface area contributed by atoms with E-state index in [1.54, 1.807) is 38.1 Å². The Kier molecular flexibility index (Phi) is 5.55. The number of phenolic OH excluding ortho intramolecular Hbond substituents is 1. The molecule has 0 aliphatic carbocycles. The molecular formula is C15H21NO4. The van der Waals surface area contributed by atoms with Crippen molar-refractivity contribution in [3.05, 3.63) is 29.8 Å². The zero-order chi connectivity index (χ0) is 15.2. The lowest BCUT2D eigenvalue weighted by atomic mass is 9.79. The van der Waals surface area contributed by atoms with Crippen LogP contribution in [0, 0.1) is 5.41 Å². The molecule has 1 aromatic rings. The first-order valence-electron chi connectivity index (χ1n) is 6.47. The second-order valence-electron chi connectivity index (χ2n) is 4.76. The first kappa shape index (κ1) is 16.0.